The predicted molar refractivity (Wildman–Crippen MR) is 166 cm³/mol. The average Bonchev–Trinajstić information content (AvgIpc) is 3.01. The van der Waals surface area contributed by atoms with E-state index in [0.29, 0.717) is 0 Å². The number of hydrogen-bond acceptors (Lipinski definition) is 1. The van der Waals surface area contributed by atoms with E-state index in [1.807, 2.05) is 12.3 Å². The van der Waals surface area contributed by atoms with E-state index in [1.165, 1.54) is 60.5 Å². The van der Waals surface area contributed by atoms with Gasteiger partial charge in [0.25, 0.3) is 0 Å². The molecule has 0 atom stereocenters. The van der Waals surface area contributed by atoms with Crippen molar-refractivity contribution in [1.82, 2.24) is 4.98 Å². The lowest BCUT2D eigenvalue weighted by atomic mass is 9.85. The van der Waals surface area contributed by atoms with Gasteiger partial charge in [0.05, 0.1) is 5.69 Å². The molecule has 0 radical (unpaired) electrons. The van der Waals surface area contributed by atoms with Crippen LogP contribution in [0.4, 0.5) is 0 Å². The number of rotatable bonds is 4. The Hall–Kier alpha value is -5.01. The second kappa shape index (κ2) is 9.70. The van der Waals surface area contributed by atoms with Crippen molar-refractivity contribution in [3.8, 4) is 44.6 Å². The first-order chi connectivity index (χ1) is 19.3. The highest BCUT2D eigenvalue weighted by molar-refractivity contribution is 6.21. The second-order valence-electron chi connectivity index (χ2n) is 10.0. The van der Waals surface area contributed by atoms with E-state index >= 15 is 0 Å². The number of aromatic nitrogens is 1. The van der Waals surface area contributed by atoms with Crippen LogP contribution in [-0.2, 0) is 0 Å². The number of nitrogens with zero attached hydrogens (tertiary/aromatic N) is 1. The Morgan fingerprint density at radius 2 is 0.897 bits per heavy atom. The molecule has 1 aromatic heterocycles. The fourth-order valence-electron chi connectivity index (χ4n) is 5.80. The van der Waals surface area contributed by atoms with E-state index in [2.05, 4.69) is 145 Å². The van der Waals surface area contributed by atoms with Crippen molar-refractivity contribution in [1.29, 1.82) is 0 Å². The van der Waals surface area contributed by atoms with Crippen LogP contribution in [0, 0.1) is 6.92 Å². The molecular formula is C38H27N. The van der Waals surface area contributed by atoms with Gasteiger partial charge in [-0.2, -0.15) is 0 Å². The standard InChI is InChI=1S/C38H27N/c1-26-11-10-24-39-38(26)30-20-18-27(19-21-30)31-22-23-34-35(25-31)37(29-14-6-3-7-15-29)33-17-9-8-16-32(33)36(34)28-12-4-2-5-13-28/h2-25H,1H3. The van der Waals surface area contributed by atoms with Gasteiger partial charge >= 0.3 is 0 Å². The number of benzene rings is 6. The molecule has 7 aromatic rings. The number of fused-ring (bicyclic) bond motifs is 2. The lowest BCUT2D eigenvalue weighted by Crippen LogP contribution is -1.92. The van der Waals surface area contributed by atoms with Gasteiger partial charge in [0.2, 0.25) is 0 Å². The van der Waals surface area contributed by atoms with Gasteiger partial charge in [-0.25, -0.2) is 0 Å². The zero-order valence-corrected chi connectivity index (χ0v) is 21.8. The molecule has 0 spiro atoms. The van der Waals surface area contributed by atoms with Gasteiger partial charge in [-0.1, -0.05) is 127 Å². The summed E-state index contributed by atoms with van der Waals surface area (Å²) >= 11 is 0. The Balaban J connectivity index is 1.49. The van der Waals surface area contributed by atoms with Gasteiger partial charge < -0.3 is 0 Å². The third-order valence-corrected chi connectivity index (χ3v) is 7.65. The average molecular weight is 498 g/mol. The van der Waals surface area contributed by atoms with E-state index in [0.717, 1.165) is 11.3 Å². The van der Waals surface area contributed by atoms with Crippen LogP contribution in [0.15, 0.2) is 146 Å². The first kappa shape index (κ1) is 23.1. The van der Waals surface area contributed by atoms with Crippen LogP contribution in [0.1, 0.15) is 5.56 Å². The van der Waals surface area contributed by atoms with Gasteiger partial charge in [-0.15, -0.1) is 0 Å². The number of pyridine rings is 1. The van der Waals surface area contributed by atoms with E-state index in [1.54, 1.807) is 0 Å². The van der Waals surface area contributed by atoms with Crippen LogP contribution < -0.4 is 0 Å². The lowest BCUT2D eigenvalue weighted by molar-refractivity contribution is 1.27. The highest BCUT2D eigenvalue weighted by Crippen LogP contribution is 2.44. The fourth-order valence-corrected chi connectivity index (χ4v) is 5.80. The van der Waals surface area contributed by atoms with E-state index in [9.17, 15) is 0 Å². The fraction of sp³-hybridized carbons (Fsp3) is 0.0263. The molecule has 0 bridgehead atoms. The first-order valence-electron chi connectivity index (χ1n) is 13.4. The van der Waals surface area contributed by atoms with E-state index in [4.69, 9.17) is 0 Å². The van der Waals surface area contributed by atoms with Crippen LogP contribution in [0.3, 0.4) is 0 Å². The Morgan fingerprint density at radius 3 is 1.51 bits per heavy atom. The SMILES string of the molecule is Cc1cccnc1-c1ccc(-c2ccc3c(-c4ccccc4)c4ccccc4c(-c4ccccc4)c3c2)cc1. The molecule has 1 heterocycles. The van der Waals surface area contributed by atoms with Gasteiger partial charge in [0.15, 0.2) is 0 Å². The Labute approximate surface area is 229 Å². The minimum atomic E-state index is 1.04. The van der Waals surface area contributed by atoms with Crippen molar-refractivity contribution >= 4 is 21.5 Å². The number of aryl methyl sites for hydroxylation is 1. The van der Waals surface area contributed by atoms with E-state index in [-0.39, 0.29) is 0 Å². The van der Waals surface area contributed by atoms with Crippen LogP contribution >= 0.6 is 0 Å². The molecule has 0 saturated carbocycles. The maximum absolute atomic E-state index is 4.60. The summed E-state index contributed by atoms with van der Waals surface area (Å²) in [6.07, 6.45) is 1.86. The van der Waals surface area contributed by atoms with Crippen molar-refractivity contribution in [3.63, 3.8) is 0 Å². The monoisotopic (exact) mass is 497 g/mol. The highest BCUT2D eigenvalue weighted by atomic mass is 14.7. The molecule has 0 saturated heterocycles. The molecule has 0 aliphatic rings. The van der Waals surface area contributed by atoms with Gasteiger partial charge in [0.1, 0.15) is 0 Å². The van der Waals surface area contributed by atoms with Crippen molar-refractivity contribution in [2.75, 3.05) is 0 Å². The Bertz CT molecular complexity index is 1940. The molecule has 0 aliphatic carbocycles. The third-order valence-electron chi connectivity index (χ3n) is 7.65. The quantitative estimate of drug-likeness (QED) is 0.220. The van der Waals surface area contributed by atoms with Gasteiger partial charge in [0, 0.05) is 11.8 Å². The molecule has 1 nitrogen and oxygen atoms in total. The minimum Gasteiger partial charge on any atom is -0.256 e. The smallest absolute Gasteiger partial charge is 0.0731 e. The summed E-state index contributed by atoms with van der Waals surface area (Å²) in [4.78, 5) is 4.60. The second-order valence-corrected chi connectivity index (χ2v) is 10.0. The summed E-state index contributed by atoms with van der Waals surface area (Å²) in [6.45, 7) is 2.11. The Kier molecular flexibility index (Phi) is 5.75. The molecule has 0 fully saturated rings. The highest BCUT2D eigenvalue weighted by Gasteiger charge is 2.17. The minimum absolute atomic E-state index is 1.04. The van der Waals surface area contributed by atoms with Crippen LogP contribution in [0.2, 0.25) is 0 Å². The molecule has 1 heteroatoms. The molecule has 0 amide bonds. The lowest BCUT2D eigenvalue weighted by Gasteiger charge is -2.18. The Morgan fingerprint density at radius 1 is 0.385 bits per heavy atom. The van der Waals surface area contributed by atoms with Crippen LogP contribution in [0.5, 0.6) is 0 Å². The molecule has 0 N–H and O–H groups in total. The van der Waals surface area contributed by atoms with Crippen LogP contribution in [-0.4, -0.2) is 4.98 Å². The van der Waals surface area contributed by atoms with Gasteiger partial charge in [-0.3, -0.25) is 4.98 Å². The topological polar surface area (TPSA) is 12.9 Å². The van der Waals surface area contributed by atoms with Crippen molar-refractivity contribution in [3.05, 3.63) is 151 Å². The molecule has 6 aromatic carbocycles. The zero-order valence-electron chi connectivity index (χ0n) is 21.8. The third kappa shape index (κ3) is 4.09. The molecule has 0 unspecified atom stereocenters. The van der Waals surface area contributed by atoms with Crippen molar-refractivity contribution in [2.24, 2.45) is 0 Å². The summed E-state index contributed by atoms with van der Waals surface area (Å²) in [6, 6.07) is 50.2. The summed E-state index contributed by atoms with van der Waals surface area (Å²) in [7, 11) is 0. The van der Waals surface area contributed by atoms with Crippen molar-refractivity contribution < 1.29 is 0 Å². The molecular weight excluding hydrogens is 470 g/mol. The summed E-state index contributed by atoms with van der Waals surface area (Å²) in [5, 5.41) is 5.08. The molecule has 0 aliphatic heterocycles. The summed E-state index contributed by atoms with van der Waals surface area (Å²) in [5.74, 6) is 0. The van der Waals surface area contributed by atoms with E-state index < -0.39 is 0 Å². The zero-order chi connectivity index (χ0) is 26.2. The van der Waals surface area contributed by atoms with Crippen LogP contribution in [0.25, 0.3) is 66.2 Å². The largest absolute Gasteiger partial charge is 0.256 e. The van der Waals surface area contributed by atoms with Crippen molar-refractivity contribution in [2.45, 2.75) is 6.92 Å². The predicted octanol–water partition coefficient (Wildman–Crippen LogP) is 10.4. The first-order valence-corrected chi connectivity index (χ1v) is 13.4. The number of hydrogen-bond donors (Lipinski definition) is 0. The molecule has 39 heavy (non-hydrogen) atoms. The normalized spacial score (nSPS) is 11.2. The molecule has 184 valence electrons. The molecule has 7 rings (SSSR count). The van der Waals surface area contributed by atoms with Gasteiger partial charge in [-0.05, 0) is 79.5 Å². The summed E-state index contributed by atoms with van der Waals surface area (Å²) in [5.41, 5.74) is 10.8. The maximum Gasteiger partial charge on any atom is 0.0731 e. The maximum atomic E-state index is 4.60. The summed E-state index contributed by atoms with van der Waals surface area (Å²) < 4.78 is 0.